The Labute approximate surface area is 121 Å². The van der Waals surface area contributed by atoms with Crippen molar-refractivity contribution in [1.82, 2.24) is 4.98 Å². The highest BCUT2D eigenvalue weighted by atomic mass is 19.4. The van der Waals surface area contributed by atoms with E-state index in [1.165, 1.54) is 0 Å². The topological polar surface area (TPSA) is 24.9 Å². The molecule has 3 rings (SSSR count). The van der Waals surface area contributed by atoms with Gasteiger partial charge in [0.25, 0.3) is 0 Å². The van der Waals surface area contributed by atoms with Gasteiger partial charge in [-0.1, -0.05) is 24.6 Å². The number of hydrogen-bond donors (Lipinski definition) is 1. The minimum Gasteiger partial charge on any atom is -0.381 e. The predicted molar refractivity (Wildman–Crippen MR) is 77.2 cm³/mol. The second-order valence-corrected chi connectivity index (χ2v) is 5.66. The normalized spacial score (nSPS) is 23.2. The van der Waals surface area contributed by atoms with E-state index in [0.717, 1.165) is 23.0 Å². The van der Waals surface area contributed by atoms with E-state index in [4.69, 9.17) is 0 Å². The highest BCUT2D eigenvalue weighted by Gasteiger charge is 2.42. The molecule has 2 atom stereocenters. The van der Waals surface area contributed by atoms with Crippen molar-refractivity contribution in [3.63, 3.8) is 0 Å². The van der Waals surface area contributed by atoms with Crippen molar-refractivity contribution in [2.24, 2.45) is 5.92 Å². The zero-order chi connectivity index (χ0) is 14.9. The van der Waals surface area contributed by atoms with E-state index in [2.05, 4.69) is 10.3 Å². The Balaban J connectivity index is 1.72. The molecule has 1 saturated carbocycles. The number of aromatic nitrogens is 1. The first-order valence-corrected chi connectivity index (χ1v) is 7.20. The molecule has 1 N–H and O–H groups in total. The molecule has 5 heteroatoms. The van der Waals surface area contributed by atoms with Gasteiger partial charge >= 0.3 is 6.18 Å². The summed E-state index contributed by atoms with van der Waals surface area (Å²) in [6.45, 7) is 0. The van der Waals surface area contributed by atoms with Gasteiger partial charge in [0.15, 0.2) is 0 Å². The van der Waals surface area contributed by atoms with Gasteiger partial charge in [-0.3, -0.25) is 4.98 Å². The zero-order valence-electron chi connectivity index (χ0n) is 11.5. The van der Waals surface area contributed by atoms with E-state index in [1.54, 1.807) is 6.20 Å². The fourth-order valence-corrected chi connectivity index (χ4v) is 3.00. The van der Waals surface area contributed by atoms with Gasteiger partial charge in [-0.15, -0.1) is 0 Å². The van der Waals surface area contributed by atoms with Crippen molar-refractivity contribution < 1.29 is 13.2 Å². The quantitative estimate of drug-likeness (QED) is 0.863. The summed E-state index contributed by atoms with van der Waals surface area (Å²) in [6, 6.07) is 9.52. The third kappa shape index (κ3) is 3.28. The number of nitrogens with one attached hydrogen (secondary N) is 1. The van der Waals surface area contributed by atoms with Crippen molar-refractivity contribution in [2.45, 2.75) is 37.9 Å². The number of anilines is 1. The number of hydrogen-bond acceptors (Lipinski definition) is 2. The van der Waals surface area contributed by atoms with Crippen molar-refractivity contribution in [3.05, 3.63) is 36.5 Å². The lowest BCUT2D eigenvalue weighted by molar-refractivity contribution is -0.182. The third-order valence-corrected chi connectivity index (χ3v) is 4.10. The van der Waals surface area contributed by atoms with Crippen LogP contribution < -0.4 is 5.32 Å². The van der Waals surface area contributed by atoms with Crippen LogP contribution in [0.15, 0.2) is 36.5 Å². The Morgan fingerprint density at radius 3 is 2.76 bits per heavy atom. The molecule has 0 amide bonds. The Kier molecular flexibility index (Phi) is 3.74. The summed E-state index contributed by atoms with van der Waals surface area (Å²) in [4.78, 5) is 4.33. The Bertz CT molecular complexity index is 624. The molecule has 1 aromatic carbocycles. The van der Waals surface area contributed by atoms with Crippen LogP contribution in [0.1, 0.15) is 25.7 Å². The summed E-state index contributed by atoms with van der Waals surface area (Å²) in [5.41, 5.74) is 1.68. The number of rotatable bonds is 2. The minimum atomic E-state index is -4.08. The van der Waals surface area contributed by atoms with Crippen LogP contribution in [0.2, 0.25) is 0 Å². The first-order valence-electron chi connectivity index (χ1n) is 7.20. The molecule has 0 bridgehead atoms. The summed E-state index contributed by atoms with van der Waals surface area (Å²) in [5.74, 6) is -1.18. The summed E-state index contributed by atoms with van der Waals surface area (Å²) in [6.07, 6.45) is -0.599. The summed E-state index contributed by atoms with van der Waals surface area (Å²) < 4.78 is 38.5. The average molecular weight is 294 g/mol. The molecular weight excluding hydrogens is 277 g/mol. The molecule has 2 nitrogen and oxygen atoms in total. The van der Waals surface area contributed by atoms with E-state index in [1.807, 2.05) is 30.3 Å². The molecule has 0 spiro atoms. The number of pyridine rings is 1. The largest absolute Gasteiger partial charge is 0.391 e. The van der Waals surface area contributed by atoms with Crippen molar-refractivity contribution >= 4 is 16.6 Å². The van der Waals surface area contributed by atoms with Crippen LogP contribution in [0.4, 0.5) is 18.9 Å². The van der Waals surface area contributed by atoms with Gasteiger partial charge in [0.1, 0.15) is 0 Å². The van der Waals surface area contributed by atoms with Crippen LogP contribution in [0, 0.1) is 5.92 Å². The maximum Gasteiger partial charge on any atom is 0.391 e. The van der Waals surface area contributed by atoms with Gasteiger partial charge in [0, 0.05) is 11.4 Å². The van der Waals surface area contributed by atoms with Gasteiger partial charge < -0.3 is 5.32 Å². The van der Waals surface area contributed by atoms with E-state index in [-0.39, 0.29) is 18.9 Å². The molecule has 2 unspecified atom stereocenters. The van der Waals surface area contributed by atoms with Gasteiger partial charge in [-0.2, -0.15) is 13.2 Å². The fraction of sp³-hybridized carbons (Fsp3) is 0.438. The first-order chi connectivity index (χ1) is 10.0. The second kappa shape index (κ2) is 5.54. The number of alkyl halides is 3. The number of benzene rings is 1. The Morgan fingerprint density at radius 2 is 1.95 bits per heavy atom. The molecule has 1 heterocycles. The number of para-hydroxylation sites is 1. The van der Waals surface area contributed by atoms with Gasteiger partial charge in [0.2, 0.25) is 0 Å². The standard InChI is InChI=1S/C16H17F3N2/c17-16(18,19)12-5-3-6-13(9-12)21-14-8-11-4-1-2-7-15(11)20-10-14/h1-2,4,7-8,10,12-13,21H,3,5-6,9H2. The lowest BCUT2D eigenvalue weighted by Crippen LogP contribution is -2.34. The number of fused-ring (bicyclic) bond motifs is 1. The van der Waals surface area contributed by atoms with Crippen molar-refractivity contribution in [3.8, 4) is 0 Å². The summed E-state index contributed by atoms with van der Waals surface area (Å²) in [5, 5.41) is 4.20. The summed E-state index contributed by atoms with van der Waals surface area (Å²) in [7, 11) is 0. The lowest BCUT2D eigenvalue weighted by Gasteiger charge is -2.31. The van der Waals surface area contributed by atoms with E-state index < -0.39 is 12.1 Å². The van der Waals surface area contributed by atoms with Crippen LogP contribution in [0.25, 0.3) is 10.9 Å². The third-order valence-electron chi connectivity index (χ3n) is 4.10. The molecule has 1 fully saturated rings. The molecule has 112 valence electrons. The van der Waals surface area contributed by atoms with Crippen molar-refractivity contribution in [2.75, 3.05) is 5.32 Å². The monoisotopic (exact) mass is 294 g/mol. The van der Waals surface area contributed by atoms with E-state index in [0.29, 0.717) is 6.42 Å². The van der Waals surface area contributed by atoms with E-state index >= 15 is 0 Å². The van der Waals surface area contributed by atoms with Crippen molar-refractivity contribution in [1.29, 1.82) is 0 Å². The predicted octanol–water partition coefficient (Wildman–Crippen LogP) is 4.77. The lowest BCUT2D eigenvalue weighted by atomic mass is 9.85. The Morgan fingerprint density at radius 1 is 1.14 bits per heavy atom. The highest BCUT2D eigenvalue weighted by molar-refractivity contribution is 5.81. The smallest absolute Gasteiger partial charge is 0.381 e. The molecule has 21 heavy (non-hydrogen) atoms. The van der Waals surface area contributed by atoms with Crippen LogP contribution in [0.3, 0.4) is 0 Å². The maximum atomic E-state index is 12.8. The number of nitrogens with zero attached hydrogens (tertiary/aromatic N) is 1. The van der Waals surface area contributed by atoms with Gasteiger partial charge in [0.05, 0.1) is 23.3 Å². The molecule has 0 radical (unpaired) electrons. The molecule has 1 aromatic heterocycles. The molecule has 2 aromatic rings. The molecule has 0 aliphatic heterocycles. The minimum absolute atomic E-state index is 0.131. The van der Waals surface area contributed by atoms with E-state index in [9.17, 15) is 13.2 Å². The van der Waals surface area contributed by atoms with Crippen LogP contribution in [0.5, 0.6) is 0 Å². The zero-order valence-corrected chi connectivity index (χ0v) is 11.5. The second-order valence-electron chi connectivity index (χ2n) is 5.66. The van der Waals surface area contributed by atoms with Crippen LogP contribution in [-0.2, 0) is 0 Å². The van der Waals surface area contributed by atoms with Gasteiger partial charge in [-0.25, -0.2) is 0 Å². The molecular formula is C16H17F3N2. The fourth-order valence-electron chi connectivity index (χ4n) is 3.00. The molecule has 1 aliphatic rings. The van der Waals surface area contributed by atoms with Crippen LogP contribution >= 0.6 is 0 Å². The molecule has 0 saturated heterocycles. The summed E-state index contributed by atoms with van der Waals surface area (Å²) >= 11 is 0. The highest BCUT2D eigenvalue weighted by Crippen LogP contribution is 2.38. The first kappa shape index (κ1) is 14.2. The SMILES string of the molecule is FC(F)(F)C1CCCC(Nc2cnc3ccccc3c2)C1. The number of halogens is 3. The Hall–Kier alpha value is -1.78. The van der Waals surface area contributed by atoms with Gasteiger partial charge in [-0.05, 0) is 31.4 Å². The maximum absolute atomic E-state index is 12.8. The van der Waals surface area contributed by atoms with Crippen LogP contribution in [-0.4, -0.2) is 17.2 Å². The molecule has 1 aliphatic carbocycles. The average Bonchev–Trinajstić information content (AvgIpc) is 2.46.